The van der Waals surface area contributed by atoms with E-state index in [4.69, 9.17) is 11.6 Å². The van der Waals surface area contributed by atoms with Gasteiger partial charge in [0.1, 0.15) is 0 Å². The molecular weight excluding hydrogens is 318 g/mol. The number of nitrogens with one attached hydrogen (secondary N) is 1. The number of hydrogen-bond donors (Lipinski definition) is 1. The highest BCUT2D eigenvalue weighted by atomic mass is 79.9. The number of thiophene rings is 1. The van der Waals surface area contributed by atoms with Gasteiger partial charge in [0.05, 0.1) is 6.04 Å². The second-order valence-electron chi connectivity index (χ2n) is 3.90. The summed E-state index contributed by atoms with van der Waals surface area (Å²) < 4.78 is 1.15. The van der Waals surface area contributed by atoms with E-state index in [0.717, 1.165) is 9.50 Å². The predicted molar refractivity (Wildman–Crippen MR) is 79.1 cm³/mol. The fourth-order valence-corrected chi connectivity index (χ4v) is 3.72. The molecule has 1 aromatic heterocycles. The van der Waals surface area contributed by atoms with Crippen LogP contribution in [0.4, 0.5) is 0 Å². The van der Waals surface area contributed by atoms with E-state index >= 15 is 0 Å². The van der Waals surface area contributed by atoms with E-state index < -0.39 is 0 Å². The van der Waals surface area contributed by atoms with Gasteiger partial charge in [-0.15, -0.1) is 0 Å². The van der Waals surface area contributed by atoms with Crippen LogP contribution in [0, 0.1) is 6.92 Å². The summed E-state index contributed by atoms with van der Waals surface area (Å²) in [4.78, 5) is 0. The SMILES string of the molecule is CNC(c1ccc(Cl)cc1C)c1cscc1Br. The average Bonchev–Trinajstić information content (AvgIpc) is 2.69. The van der Waals surface area contributed by atoms with Crippen LogP contribution < -0.4 is 5.32 Å². The lowest BCUT2D eigenvalue weighted by atomic mass is 9.97. The molecule has 0 aliphatic heterocycles. The van der Waals surface area contributed by atoms with E-state index in [0.29, 0.717) is 0 Å². The van der Waals surface area contributed by atoms with Crippen molar-refractivity contribution >= 4 is 38.9 Å². The molecule has 17 heavy (non-hydrogen) atoms. The third kappa shape index (κ3) is 2.74. The molecule has 0 saturated carbocycles. The maximum absolute atomic E-state index is 5.99. The van der Waals surface area contributed by atoms with E-state index in [2.05, 4.69) is 45.0 Å². The molecular formula is C13H13BrClNS. The number of hydrogen-bond acceptors (Lipinski definition) is 2. The Kier molecular flexibility index (Phi) is 4.26. The molecule has 2 rings (SSSR count). The van der Waals surface area contributed by atoms with Gasteiger partial charge < -0.3 is 5.32 Å². The van der Waals surface area contributed by atoms with Crippen molar-refractivity contribution in [1.82, 2.24) is 5.32 Å². The molecule has 90 valence electrons. The van der Waals surface area contributed by atoms with Crippen LogP contribution in [0.2, 0.25) is 5.02 Å². The standard InChI is InChI=1S/C13H13BrClNS/c1-8-5-9(15)3-4-10(8)13(16-2)11-6-17-7-12(11)14/h3-7,13,16H,1-2H3. The second-order valence-corrected chi connectivity index (χ2v) is 5.93. The maximum atomic E-state index is 5.99. The van der Waals surface area contributed by atoms with Crippen LogP contribution in [0.1, 0.15) is 22.7 Å². The molecule has 0 saturated heterocycles. The van der Waals surface area contributed by atoms with E-state index in [9.17, 15) is 0 Å². The molecule has 0 amide bonds. The minimum atomic E-state index is 0.202. The minimum Gasteiger partial charge on any atom is -0.309 e. The minimum absolute atomic E-state index is 0.202. The Morgan fingerprint density at radius 2 is 2.06 bits per heavy atom. The molecule has 1 unspecified atom stereocenters. The summed E-state index contributed by atoms with van der Waals surface area (Å²) in [6.45, 7) is 2.09. The molecule has 1 heterocycles. The summed E-state index contributed by atoms with van der Waals surface area (Å²) in [5, 5.41) is 8.41. The summed E-state index contributed by atoms with van der Waals surface area (Å²) >= 11 is 11.3. The van der Waals surface area contributed by atoms with Crippen molar-refractivity contribution in [2.24, 2.45) is 0 Å². The van der Waals surface area contributed by atoms with Crippen molar-refractivity contribution in [2.45, 2.75) is 13.0 Å². The first kappa shape index (κ1) is 13.1. The Morgan fingerprint density at radius 3 is 2.59 bits per heavy atom. The van der Waals surface area contributed by atoms with Crippen molar-refractivity contribution in [3.63, 3.8) is 0 Å². The molecule has 0 aliphatic carbocycles. The lowest BCUT2D eigenvalue weighted by Crippen LogP contribution is -2.18. The molecule has 4 heteroatoms. The molecule has 0 bridgehead atoms. The van der Waals surface area contributed by atoms with Crippen LogP contribution in [0.15, 0.2) is 33.4 Å². The van der Waals surface area contributed by atoms with Crippen molar-refractivity contribution in [3.05, 3.63) is 55.1 Å². The molecule has 0 radical (unpaired) electrons. The maximum Gasteiger partial charge on any atom is 0.0596 e. The fourth-order valence-electron chi connectivity index (χ4n) is 1.94. The highest BCUT2D eigenvalue weighted by Crippen LogP contribution is 2.33. The predicted octanol–water partition coefficient (Wildman–Crippen LogP) is 4.78. The van der Waals surface area contributed by atoms with Gasteiger partial charge in [-0.2, -0.15) is 11.3 Å². The smallest absolute Gasteiger partial charge is 0.0596 e. The van der Waals surface area contributed by atoms with Gasteiger partial charge in [-0.25, -0.2) is 0 Å². The van der Waals surface area contributed by atoms with Gasteiger partial charge in [0.2, 0.25) is 0 Å². The Bertz CT molecular complexity index is 524. The fraction of sp³-hybridized carbons (Fsp3) is 0.231. The average molecular weight is 331 g/mol. The summed E-state index contributed by atoms with van der Waals surface area (Å²) in [5.74, 6) is 0. The van der Waals surface area contributed by atoms with Crippen LogP contribution in [0.5, 0.6) is 0 Å². The third-order valence-electron chi connectivity index (χ3n) is 2.78. The van der Waals surface area contributed by atoms with E-state index in [-0.39, 0.29) is 6.04 Å². The zero-order chi connectivity index (χ0) is 12.4. The van der Waals surface area contributed by atoms with Crippen LogP contribution in [-0.4, -0.2) is 7.05 Å². The monoisotopic (exact) mass is 329 g/mol. The number of aryl methyl sites for hydroxylation is 1. The topological polar surface area (TPSA) is 12.0 Å². The first-order valence-corrected chi connectivity index (χ1v) is 7.39. The molecule has 0 spiro atoms. The van der Waals surface area contributed by atoms with Gasteiger partial charge in [-0.3, -0.25) is 0 Å². The molecule has 0 fully saturated rings. The molecule has 1 N–H and O–H groups in total. The highest BCUT2D eigenvalue weighted by molar-refractivity contribution is 9.10. The Balaban J connectivity index is 2.46. The highest BCUT2D eigenvalue weighted by Gasteiger charge is 2.17. The Morgan fingerprint density at radius 1 is 1.29 bits per heavy atom. The van der Waals surface area contributed by atoms with Gasteiger partial charge in [0, 0.05) is 14.9 Å². The first-order valence-electron chi connectivity index (χ1n) is 5.28. The van der Waals surface area contributed by atoms with Gasteiger partial charge >= 0.3 is 0 Å². The largest absolute Gasteiger partial charge is 0.309 e. The Labute approximate surface area is 119 Å². The van der Waals surface area contributed by atoms with Crippen molar-refractivity contribution in [3.8, 4) is 0 Å². The Hall–Kier alpha value is -0.350. The molecule has 0 aliphatic rings. The lowest BCUT2D eigenvalue weighted by Gasteiger charge is -2.19. The van der Waals surface area contributed by atoms with Crippen molar-refractivity contribution < 1.29 is 0 Å². The third-order valence-corrected chi connectivity index (χ3v) is 4.77. The summed E-state index contributed by atoms with van der Waals surface area (Å²) in [6.07, 6.45) is 0. The summed E-state index contributed by atoms with van der Waals surface area (Å²) in [6, 6.07) is 6.23. The summed E-state index contributed by atoms with van der Waals surface area (Å²) in [7, 11) is 1.98. The first-order chi connectivity index (χ1) is 8.13. The summed E-state index contributed by atoms with van der Waals surface area (Å²) in [5.41, 5.74) is 3.73. The van der Waals surface area contributed by atoms with Crippen LogP contribution in [-0.2, 0) is 0 Å². The zero-order valence-corrected chi connectivity index (χ0v) is 12.8. The normalized spacial score (nSPS) is 12.7. The van der Waals surface area contributed by atoms with Gasteiger partial charge in [-0.05, 0) is 64.1 Å². The van der Waals surface area contributed by atoms with Gasteiger partial charge in [0.25, 0.3) is 0 Å². The molecule has 2 aromatic rings. The zero-order valence-electron chi connectivity index (χ0n) is 9.63. The van der Waals surface area contributed by atoms with Gasteiger partial charge in [0.15, 0.2) is 0 Å². The van der Waals surface area contributed by atoms with Gasteiger partial charge in [-0.1, -0.05) is 17.7 Å². The van der Waals surface area contributed by atoms with Crippen molar-refractivity contribution in [1.29, 1.82) is 0 Å². The number of halogens is 2. The van der Waals surface area contributed by atoms with Crippen molar-refractivity contribution in [2.75, 3.05) is 7.05 Å². The van der Waals surface area contributed by atoms with Crippen LogP contribution in [0.25, 0.3) is 0 Å². The number of benzene rings is 1. The molecule has 1 atom stereocenters. The molecule has 1 nitrogen and oxygen atoms in total. The second kappa shape index (κ2) is 5.53. The van der Waals surface area contributed by atoms with E-state index in [1.54, 1.807) is 11.3 Å². The van der Waals surface area contributed by atoms with Crippen LogP contribution in [0.3, 0.4) is 0 Å². The van der Waals surface area contributed by atoms with E-state index in [1.807, 2.05) is 19.2 Å². The number of rotatable bonds is 3. The van der Waals surface area contributed by atoms with Crippen LogP contribution >= 0.6 is 38.9 Å². The molecule has 1 aromatic carbocycles. The van der Waals surface area contributed by atoms with E-state index in [1.165, 1.54) is 16.7 Å². The lowest BCUT2D eigenvalue weighted by molar-refractivity contribution is 0.687. The quantitative estimate of drug-likeness (QED) is 0.854.